The molecule has 1 aromatic carbocycles. The fraction of sp³-hybridized carbons (Fsp3) is 0.588. The molecule has 3 atom stereocenters. The molecular weight excluding hydrogens is 248 g/mol. The third-order valence-corrected chi connectivity index (χ3v) is 4.78. The zero-order chi connectivity index (χ0) is 14.5. The van der Waals surface area contributed by atoms with Crippen LogP contribution in [0, 0.1) is 11.8 Å². The Labute approximate surface area is 121 Å². The van der Waals surface area contributed by atoms with E-state index in [-0.39, 0.29) is 5.91 Å². The van der Waals surface area contributed by atoms with Crippen LogP contribution >= 0.6 is 0 Å². The van der Waals surface area contributed by atoms with Crippen molar-refractivity contribution in [2.75, 3.05) is 0 Å². The molecule has 1 aliphatic carbocycles. The first-order valence-electron chi connectivity index (χ1n) is 7.76. The molecule has 1 amide bonds. The van der Waals surface area contributed by atoms with E-state index in [0.29, 0.717) is 11.5 Å². The second-order valence-corrected chi connectivity index (χ2v) is 6.13. The molecule has 3 nitrogen and oxygen atoms in total. The molecule has 0 bridgehead atoms. The van der Waals surface area contributed by atoms with Crippen LogP contribution in [0.15, 0.2) is 24.3 Å². The number of hydrogen-bond donors (Lipinski definition) is 2. The molecule has 1 fully saturated rings. The van der Waals surface area contributed by atoms with Crippen LogP contribution in [0.5, 0.6) is 0 Å². The molecule has 0 spiro atoms. The minimum absolute atomic E-state index is 0.225. The summed E-state index contributed by atoms with van der Waals surface area (Å²) in [5, 5.41) is 0. The minimum atomic E-state index is -0.225. The SMILES string of the molecule is CCC[C@@H]1CC[C@H](c2ccc(C(=O)NN)cc2)C[C@@H]1C. The van der Waals surface area contributed by atoms with Crippen molar-refractivity contribution in [1.29, 1.82) is 0 Å². The van der Waals surface area contributed by atoms with E-state index in [2.05, 4.69) is 31.4 Å². The molecule has 3 N–H and O–H groups in total. The van der Waals surface area contributed by atoms with Gasteiger partial charge in [-0.3, -0.25) is 10.2 Å². The molecule has 0 saturated heterocycles. The van der Waals surface area contributed by atoms with Gasteiger partial charge in [0.25, 0.3) is 5.91 Å². The molecule has 0 heterocycles. The van der Waals surface area contributed by atoms with E-state index in [1.807, 2.05) is 12.1 Å². The lowest BCUT2D eigenvalue weighted by Gasteiger charge is -2.34. The number of nitrogens with two attached hydrogens (primary N) is 1. The van der Waals surface area contributed by atoms with E-state index in [1.54, 1.807) is 0 Å². The lowest BCUT2D eigenvalue weighted by Crippen LogP contribution is -2.29. The smallest absolute Gasteiger partial charge is 0.265 e. The van der Waals surface area contributed by atoms with Gasteiger partial charge in [0.15, 0.2) is 0 Å². The number of nitrogen functional groups attached to an aromatic ring is 1. The third kappa shape index (κ3) is 3.40. The molecule has 0 radical (unpaired) electrons. The van der Waals surface area contributed by atoms with Crippen LogP contribution in [0.2, 0.25) is 0 Å². The number of nitrogens with one attached hydrogen (secondary N) is 1. The van der Waals surface area contributed by atoms with Crippen molar-refractivity contribution in [1.82, 2.24) is 5.43 Å². The van der Waals surface area contributed by atoms with Gasteiger partial charge in [0.1, 0.15) is 0 Å². The fourth-order valence-electron chi connectivity index (χ4n) is 3.55. The van der Waals surface area contributed by atoms with Crippen LogP contribution in [0.1, 0.15) is 67.8 Å². The van der Waals surface area contributed by atoms with Gasteiger partial charge in [-0.25, -0.2) is 5.84 Å². The summed E-state index contributed by atoms with van der Waals surface area (Å²) in [7, 11) is 0. The minimum Gasteiger partial charge on any atom is -0.290 e. The Balaban J connectivity index is 2.01. The van der Waals surface area contributed by atoms with Crippen molar-refractivity contribution in [2.24, 2.45) is 17.7 Å². The average Bonchev–Trinajstić information content (AvgIpc) is 2.49. The van der Waals surface area contributed by atoms with E-state index in [9.17, 15) is 4.79 Å². The van der Waals surface area contributed by atoms with Crippen molar-refractivity contribution in [3.63, 3.8) is 0 Å². The Hall–Kier alpha value is -1.35. The second-order valence-electron chi connectivity index (χ2n) is 6.13. The number of carbonyl (C=O) groups is 1. The molecule has 0 unspecified atom stereocenters. The number of carbonyl (C=O) groups excluding carboxylic acids is 1. The lowest BCUT2D eigenvalue weighted by molar-refractivity contribution is 0.0953. The van der Waals surface area contributed by atoms with Crippen LogP contribution in [0.3, 0.4) is 0 Å². The quantitative estimate of drug-likeness (QED) is 0.500. The van der Waals surface area contributed by atoms with Crippen LogP contribution in [0.25, 0.3) is 0 Å². The van der Waals surface area contributed by atoms with Crippen molar-refractivity contribution in [2.45, 2.75) is 51.9 Å². The standard InChI is InChI=1S/C17H26N2O/c1-3-4-13-5-10-16(11-12(13)2)14-6-8-15(9-7-14)17(20)19-18/h6-9,12-13,16H,3-5,10-11,18H2,1-2H3,(H,19,20)/t12-,13+,16-/m0/s1. The first-order chi connectivity index (χ1) is 9.65. The largest absolute Gasteiger partial charge is 0.290 e. The Morgan fingerprint density at radius 2 is 2.00 bits per heavy atom. The summed E-state index contributed by atoms with van der Waals surface area (Å²) in [6, 6.07) is 7.92. The van der Waals surface area contributed by atoms with Crippen molar-refractivity contribution in [3.05, 3.63) is 35.4 Å². The van der Waals surface area contributed by atoms with Crippen molar-refractivity contribution >= 4 is 5.91 Å². The van der Waals surface area contributed by atoms with Gasteiger partial charge in [0, 0.05) is 5.56 Å². The highest BCUT2D eigenvalue weighted by Crippen LogP contribution is 2.41. The van der Waals surface area contributed by atoms with Gasteiger partial charge < -0.3 is 0 Å². The van der Waals surface area contributed by atoms with Crippen molar-refractivity contribution in [3.8, 4) is 0 Å². The van der Waals surface area contributed by atoms with Gasteiger partial charge >= 0.3 is 0 Å². The van der Waals surface area contributed by atoms with Crippen LogP contribution in [-0.4, -0.2) is 5.91 Å². The molecule has 1 aliphatic rings. The Bertz CT molecular complexity index is 441. The normalized spacial score (nSPS) is 26.2. The van der Waals surface area contributed by atoms with Crippen molar-refractivity contribution < 1.29 is 4.79 Å². The predicted molar refractivity (Wildman–Crippen MR) is 82.2 cm³/mol. The summed E-state index contributed by atoms with van der Waals surface area (Å²) in [6.45, 7) is 4.67. The summed E-state index contributed by atoms with van der Waals surface area (Å²) >= 11 is 0. The Morgan fingerprint density at radius 1 is 1.30 bits per heavy atom. The highest BCUT2D eigenvalue weighted by atomic mass is 16.2. The molecule has 2 rings (SSSR count). The fourth-order valence-corrected chi connectivity index (χ4v) is 3.55. The molecule has 1 saturated carbocycles. The number of amides is 1. The molecule has 110 valence electrons. The lowest BCUT2D eigenvalue weighted by atomic mass is 9.71. The number of hydrogen-bond acceptors (Lipinski definition) is 2. The number of benzene rings is 1. The van der Waals surface area contributed by atoms with E-state index in [0.717, 1.165) is 11.8 Å². The molecule has 3 heteroatoms. The Kier molecular flexibility index (Phi) is 5.18. The maximum Gasteiger partial charge on any atom is 0.265 e. The Morgan fingerprint density at radius 3 is 2.55 bits per heavy atom. The molecule has 20 heavy (non-hydrogen) atoms. The van der Waals surface area contributed by atoms with Crippen LogP contribution in [-0.2, 0) is 0 Å². The average molecular weight is 274 g/mol. The first kappa shape index (κ1) is 15.0. The topological polar surface area (TPSA) is 55.1 Å². The zero-order valence-electron chi connectivity index (χ0n) is 12.6. The summed E-state index contributed by atoms with van der Waals surface area (Å²) < 4.78 is 0. The van der Waals surface area contributed by atoms with E-state index in [4.69, 9.17) is 5.84 Å². The van der Waals surface area contributed by atoms with E-state index < -0.39 is 0 Å². The molecule has 0 aliphatic heterocycles. The molecular formula is C17H26N2O. The predicted octanol–water partition coefficient (Wildman–Crippen LogP) is 3.61. The highest BCUT2D eigenvalue weighted by Gasteiger charge is 2.27. The van der Waals surface area contributed by atoms with Gasteiger partial charge in [-0.15, -0.1) is 0 Å². The second kappa shape index (κ2) is 6.89. The maximum absolute atomic E-state index is 11.4. The van der Waals surface area contributed by atoms with Gasteiger partial charge in [-0.05, 0) is 54.7 Å². The highest BCUT2D eigenvalue weighted by molar-refractivity contribution is 5.93. The molecule has 1 aromatic rings. The third-order valence-electron chi connectivity index (χ3n) is 4.78. The maximum atomic E-state index is 11.4. The summed E-state index contributed by atoms with van der Waals surface area (Å²) in [6.07, 6.45) is 6.54. The first-order valence-corrected chi connectivity index (χ1v) is 7.76. The van der Waals surface area contributed by atoms with Crippen LogP contribution < -0.4 is 11.3 Å². The molecule has 0 aromatic heterocycles. The van der Waals surface area contributed by atoms with Crippen LogP contribution in [0.4, 0.5) is 0 Å². The zero-order valence-corrected chi connectivity index (χ0v) is 12.6. The summed E-state index contributed by atoms with van der Waals surface area (Å²) in [5.41, 5.74) is 4.16. The summed E-state index contributed by atoms with van der Waals surface area (Å²) in [4.78, 5) is 11.4. The monoisotopic (exact) mass is 274 g/mol. The number of hydrazine groups is 1. The van der Waals surface area contributed by atoms with Gasteiger partial charge in [0.2, 0.25) is 0 Å². The number of rotatable bonds is 4. The summed E-state index contributed by atoms with van der Waals surface area (Å²) in [5.74, 6) is 7.28. The van der Waals surface area contributed by atoms with E-state index in [1.165, 1.54) is 37.7 Å². The van der Waals surface area contributed by atoms with Gasteiger partial charge in [-0.1, -0.05) is 38.8 Å². The van der Waals surface area contributed by atoms with Gasteiger partial charge in [-0.2, -0.15) is 0 Å². The van der Waals surface area contributed by atoms with E-state index >= 15 is 0 Å². The van der Waals surface area contributed by atoms with Gasteiger partial charge in [0.05, 0.1) is 0 Å².